The SMILES string of the molecule is c1ccc2c(-c3ccc4c5ccccc5c5ccccc5c4c3-c3cccc4c3ccc3ccccc34)cccc2c1. The second kappa shape index (κ2) is 9.03. The molecule has 0 aliphatic heterocycles. The Bertz CT molecular complexity index is 2470. The average molecular weight is 531 g/mol. The topological polar surface area (TPSA) is 0 Å². The van der Waals surface area contributed by atoms with Crippen molar-refractivity contribution < 1.29 is 0 Å². The second-order valence-electron chi connectivity index (χ2n) is 11.2. The predicted molar refractivity (Wildman–Crippen MR) is 182 cm³/mol. The van der Waals surface area contributed by atoms with Crippen LogP contribution in [0.3, 0.4) is 0 Å². The molecule has 0 heteroatoms. The minimum Gasteiger partial charge on any atom is -0.0616 e. The minimum absolute atomic E-state index is 1.26. The van der Waals surface area contributed by atoms with Crippen LogP contribution in [0.1, 0.15) is 0 Å². The van der Waals surface area contributed by atoms with E-state index < -0.39 is 0 Å². The van der Waals surface area contributed by atoms with Gasteiger partial charge in [-0.2, -0.15) is 0 Å². The molecule has 42 heavy (non-hydrogen) atoms. The molecule has 0 bridgehead atoms. The molecule has 0 amide bonds. The molecule has 0 spiro atoms. The van der Waals surface area contributed by atoms with E-state index in [4.69, 9.17) is 0 Å². The van der Waals surface area contributed by atoms with Crippen molar-refractivity contribution in [3.8, 4) is 22.3 Å². The van der Waals surface area contributed by atoms with Gasteiger partial charge in [-0.15, -0.1) is 0 Å². The molecule has 0 saturated carbocycles. The predicted octanol–water partition coefficient (Wildman–Crippen LogP) is 11.9. The lowest BCUT2D eigenvalue weighted by atomic mass is 9.82. The van der Waals surface area contributed by atoms with Gasteiger partial charge < -0.3 is 0 Å². The van der Waals surface area contributed by atoms with Crippen molar-refractivity contribution in [3.05, 3.63) is 158 Å². The van der Waals surface area contributed by atoms with Crippen molar-refractivity contribution in [2.75, 3.05) is 0 Å². The molecule has 0 unspecified atom stereocenters. The lowest BCUT2D eigenvalue weighted by Gasteiger charge is -2.20. The minimum atomic E-state index is 1.26. The third kappa shape index (κ3) is 3.30. The molecule has 0 nitrogen and oxygen atoms in total. The molecule has 0 heterocycles. The summed E-state index contributed by atoms with van der Waals surface area (Å²) in [6, 6.07) is 58.1. The highest BCUT2D eigenvalue weighted by Crippen LogP contribution is 2.47. The zero-order chi connectivity index (χ0) is 27.6. The highest BCUT2D eigenvalue weighted by Gasteiger charge is 2.20. The Hall–Kier alpha value is -5.46. The lowest BCUT2D eigenvalue weighted by molar-refractivity contribution is 1.66. The second-order valence-corrected chi connectivity index (χ2v) is 11.2. The van der Waals surface area contributed by atoms with Crippen molar-refractivity contribution in [2.24, 2.45) is 0 Å². The van der Waals surface area contributed by atoms with E-state index in [1.165, 1.54) is 86.9 Å². The molecule has 0 saturated heterocycles. The molecule has 9 aromatic rings. The first-order valence-corrected chi connectivity index (χ1v) is 14.6. The van der Waals surface area contributed by atoms with Crippen molar-refractivity contribution in [3.63, 3.8) is 0 Å². The molecule has 0 N–H and O–H groups in total. The number of hydrogen-bond acceptors (Lipinski definition) is 0. The summed E-state index contributed by atoms with van der Waals surface area (Å²) in [5.41, 5.74) is 5.10. The number of hydrogen-bond donors (Lipinski definition) is 0. The first-order valence-electron chi connectivity index (χ1n) is 14.6. The first-order chi connectivity index (χ1) is 20.9. The molecule has 9 rings (SSSR count). The smallest absolute Gasteiger partial charge is 0.00139 e. The van der Waals surface area contributed by atoms with Crippen LogP contribution in [0, 0.1) is 0 Å². The van der Waals surface area contributed by atoms with Gasteiger partial charge in [0.25, 0.3) is 0 Å². The Kier molecular flexibility index (Phi) is 5.00. The summed E-state index contributed by atoms with van der Waals surface area (Å²) in [4.78, 5) is 0. The van der Waals surface area contributed by atoms with Crippen molar-refractivity contribution in [2.45, 2.75) is 0 Å². The van der Waals surface area contributed by atoms with Gasteiger partial charge in [0.15, 0.2) is 0 Å². The van der Waals surface area contributed by atoms with Crippen LogP contribution in [0.2, 0.25) is 0 Å². The number of benzene rings is 9. The average Bonchev–Trinajstić information content (AvgIpc) is 3.07. The normalized spacial score (nSPS) is 11.8. The van der Waals surface area contributed by atoms with E-state index >= 15 is 0 Å². The van der Waals surface area contributed by atoms with Crippen LogP contribution in [0.4, 0.5) is 0 Å². The summed E-state index contributed by atoms with van der Waals surface area (Å²) in [5, 5.41) is 15.4. The number of rotatable bonds is 2. The van der Waals surface area contributed by atoms with Crippen LogP contribution in [-0.2, 0) is 0 Å². The van der Waals surface area contributed by atoms with Crippen LogP contribution in [0.25, 0.3) is 86.9 Å². The van der Waals surface area contributed by atoms with Crippen molar-refractivity contribution in [1.82, 2.24) is 0 Å². The van der Waals surface area contributed by atoms with Gasteiger partial charge in [-0.25, -0.2) is 0 Å². The summed E-state index contributed by atoms with van der Waals surface area (Å²) >= 11 is 0. The molecule has 194 valence electrons. The standard InChI is InChI=1S/C42H26/c1-3-14-29-27(11-1)13-9-20-32(29)39-25-26-40-35-18-6-5-16-33(35)34-17-7-8-19-37(34)41(40)42(39)38-22-10-21-31-30-15-4-2-12-28(30)23-24-36(31)38/h1-26H. The van der Waals surface area contributed by atoms with Crippen LogP contribution in [-0.4, -0.2) is 0 Å². The van der Waals surface area contributed by atoms with E-state index in [0.29, 0.717) is 0 Å². The third-order valence-corrected chi connectivity index (χ3v) is 9.04. The van der Waals surface area contributed by atoms with Crippen molar-refractivity contribution in [1.29, 1.82) is 0 Å². The van der Waals surface area contributed by atoms with Gasteiger partial charge in [-0.3, -0.25) is 0 Å². The fourth-order valence-corrected chi connectivity index (χ4v) is 7.22. The quantitative estimate of drug-likeness (QED) is 0.195. The molecule has 0 atom stereocenters. The van der Waals surface area contributed by atoms with Gasteiger partial charge in [0.05, 0.1) is 0 Å². The first kappa shape index (κ1) is 23.3. The van der Waals surface area contributed by atoms with Crippen LogP contribution >= 0.6 is 0 Å². The maximum absolute atomic E-state index is 2.36. The summed E-state index contributed by atoms with van der Waals surface area (Å²) in [7, 11) is 0. The van der Waals surface area contributed by atoms with E-state index in [2.05, 4.69) is 158 Å². The Morgan fingerprint density at radius 2 is 0.667 bits per heavy atom. The molecule has 0 aromatic heterocycles. The van der Waals surface area contributed by atoms with Crippen LogP contribution in [0.15, 0.2) is 158 Å². The van der Waals surface area contributed by atoms with E-state index in [-0.39, 0.29) is 0 Å². The molecule has 0 radical (unpaired) electrons. The maximum Gasteiger partial charge on any atom is -0.00139 e. The summed E-state index contributed by atoms with van der Waals surface area (Å²) in [6.45, 7) is 0. The molecule has 0 aliphatic carbocycles. The van der Waals surface area contributed by atoms with E-state index in [9.17, 15) is 0 Å². The van der Waals surface area contributed by atoms with Crippen molar-refractivity contribution >= 4 is 64.6 Å². The Balaban J connectivity index is 1.54. The highest BCUT2D eigenvalue weighted by atomic mass is 14.2. The van der Waals surface area contributed by atoms with E-state index in [1.807, 2.05) is 0 Å². The van der Waals surface area contributed by atoms with Gasteiger partial charge in [0.1, 0.15) is 0 Å². The summed E-state index contributed by atoms with van der Waals surface area (Å²) in [6.07, 6.45) is 0. The van der Waals surface area contributed by atoms with Gasteiger partial charge >= 0.3 is 0 Å². The Labute approximate surface area is 244 Å². The highest BCUT2D eigenvalue weighted by molar-refractivity contribution is 6.31. The molecular weight excluding hydrogens is 504 g/mol. The molecule has 0 aliphatic rings. The van der Waals surface area contributed by atoms with E-state index in [0.717, 1.165) is 0 Å². The van der Waals surface area contributed by atoms with Crippen LogP contribution in [0.5, 0.6) is 0 Å². The summed E-state index contributed by atoms with van der Waals surface area (Å²) < 4.78 is 0. The lowest BCUT2D eigenvalue weighted by Crippen LogP contribution is -1.93. The largest absolute Gasteiger partial charge is 0.0616 e. The monoisotopic (exact) mass is 530 g/mol. The van der Waals surface area contributed by atoms with Gasteiger partial charge in [-0.1, -0.05) is 158 Å². The Morgan fingerprint density at radius 1 is 0.214 bits per heavy atom. The summed E-state index contributed by atoms with van der Waals surface area (Å²) in [5.74, 6) is 0. The number of fused-ring (bicyclic) bond motifs is 10. The zero-order valence-electron chi connectivity index (χ0n) is 23.0. The Morgan fingerprint density at radius 3 is 1.43 bits per heavy atom. The van der Waals surface area contributed by atoms with Crippen LogP contribution < -0.4 is 0 Å². The van der Waals surface area contributed by atoms with Gasteiger partial charge in [-0.05, 0) is 86.9 Å². The maximum atomic E-state index is 2.36. The van der Waals surface area contributed by atoms with E-state index in [1.54, 1.807) is 0 Å². The molecular formula is C42H26. The fraction of sp³-hybridized carbons (Fsp3) is 0. The van der Waals surface area contributed by atoms with Gasteiger partial charge in [0.2, 0.25) is 0 Å². The molecule has 9 aromatic carbocycles. The molecule has 0 fully saturated rings. The third-order valence-electron chi connectivity index (χ3n) is 9.04. The zero-order valence-corrected chi connectivity index (χ0v) is 23.0. The fourth-order valence-electron chi connectivity index (χ4n) is 7.22. The van der Waals surface area contributed by atoms with Gasteiger partial charge in [0, 0.05) is 0 Å².